The number of benzene rings is 1. The van der Waals surface area contributed by atoms with Gasteiger partial charge in [0.15, 0.2) is 11.2 Å². The van der Waals surface area contributed by atoms with Crippen molar-refractivity contribution in [3.63, 3.8) is 0 Å². The van der Waals surface area contributed by atoms with Crippen molar-refractivity contribution in [2.75, 3.05) is 0 Å². The molecule has 0 aliphatic rings. The molecule has 0 fully saturated rings. The van der Waals surface area contributed by atoms with Gasteiger partial charge in [-0.2, -0.15) is 4.98 Å². The summed E-state index contributed by atoms with van der Waals surface area (Å²) in [5.74, 6) is 0.630. The number of aromatic amines is 1. The number of imidazole rings is 2. The van der Waals surface area contributed by atoms with Crippen LogP contribution in [0.2, 0.25) is 0 Å². The highest BCUT2D eigenvalue weighted by molar-refractivity contribution is 5.76. The topological polar surface area (TPSA) is 97.3 Å². The lowest BCUT2D eigenvalue weighted by Gasteiger charge is -2.05. The lowest BCUT2D eigenvalue weighted by molar-refractivity contribution is 0.475. The molecule has 0 amide bonds. The van der Waals surface area contributed by atoms with E-state index in [0.29, 0.717) is 22.6 Å². The number of fused-ring (bicyclic) bond motifs is 3. The Morgan fingerprint density at radius 1 is 1.26 bits per heavy atom. The summed E-state index contributed by atoms with van der Waals surface area (Å²) >= 11 is 0. The molecule has 4 aromatic rings. The maximum Gasteiger partial charge on any atom is 0.329 e. The Morgan fingerprint density at radius 2 is 2.04 bits per heavy atom. The predicted octanol–water partition coefficient (Wildman–Crippen LogP) is 0.679. The quantitative estimate of drug-likeness (QED) is 0.540. The summed E-state index contributed by atoms with van der Waals surface area (Å²) in [6.07, 6.45) is 1.77. The van der Waals surface area contributed by atoms with E-state index in [1.54, 1.807) is 35.8 Å². The maximum atomic E-state index is 12.2. The Kier molecular flexibility index (Phi) is 2.53. The SMILES string of the molecule is Cc1cn2c3c(=O)[nH]c(=O)n(C)c3nc2n1-c1cccc(O)c1. The first-order valence-corrected chi connectivity index (χ1v) is 6.96. The predicted molar refractivity (Wildman–Crippen MR) is 84.3 cm³/mol. The van der Waals surface area contributed by atoms with E-state index in [1.165, 1.54) is 4.57 Å². The second-order valence-electron chi connectivity index (χ2n) is 5.40. The van der Waals surface area contributed by atoms with Crippen LogP contribution in [0.1, 0.15) is 5.69 Å². The summed E-state index contributed by atoms with van der Waals surface area (Å²) < 4.78 is 4.75. The molecule has 8 heteroatoms. The molecule has 0 unspecified atom stereocenters. The molecule has 0 aliphatic heterocycles. The van der Waals surface area contributed by atoms with Gasteiger partial charge in [0.25, 0.3) is 5.56 Å². The average Bonchev–Trinajstić information content (AvgIpc) is 2.99. The van der Waals surface area contributed by atoms with Crippen molar-refractivity contribution >= 4 is 16.9 Å². The van der Waals surface area contributed by atoms with Gasteiger partial charge in [0.1, 0.15) is 5.75 Å². The van der Waals surface area contributed by atoms with Crippen molar-refractivity contribution in [2.45, 2.75) is 6.92 Å². The number of phenols is 1. The molecule has 3 heterocycles. The van der Waals surface area contributed by atoms with Crippen LogP contribution in [0, 0.1) is 6.92 Å². The number of rotatable bonds is 1. The second kappa shape index (κ2) is 4.35. The van der Waals surface area contributed by atoms with E-state index in [0.717, 1.165) is 5.69 Å². The minimum absolute atomic E-state index is 0.134. The summed E-state index contributed by atoms with van der Waals surface area (Å²) in [4.78, 5) is 30.6. The first-order chi connectivity index (χ1) is 11.0. The number of aromatic nitrogens is 5. The second-order valence-corrected chi connectivity index (χ2v) is 5.40. The molecule has 1 aromatic carbocycles. The largest absolute Gasteiger partial charge is 0.508 e. The molecule has 2 N–H and O–H groups in total. The van der Waals surface area contributed by atoms with E-state index in [1.807, 2.05) is 17.6 Å². The maximum absolute atomic E-state index is 12.2. The molecule has 0 saturated heterocycles. The van der Waals surface area contributed by atoms with E-state index in [2.05, 4.69) is 9.97 Å². The van der Waals surface area contributed by atoms with Crippen molar-refractivity contribution in [3.8, 4) is 11.4 Å². The Labute approximate surface area is 128 Å². The molecule has 3 aromatic heterocycles. The van der Waals surface area contributed by atoms with Crippen LogP contribution in [0.15, 0.2) is 40.1 Å². The summed E-state index contributed by atoms with van der Waals surface area (Å²) in [7, 11) is 1.55. The fourth-order valence-electron chi connectivity index (χ4n) is 2.82. The number of hydrogen-bond donors (Lipinski definition) is 2. The number of hydrogen-bond acceptors (Lipinski definition) is 4. The smallest absolute Gasteiger partial charge is 0.329 e. The van der Waals surface area contributed by atoms with E-state index in [-0.39, 0.29) is 5.75 Å². The zero-order chi connectivity index (χ0) is 16.3. The fraction of sp³-hybridized carbons (Fsp3) is 0.133. The van der Waals surface area contributed by atoms with Gasteiger partial charge in [0, 0.05) is 25.0 Å². The van der Waals surface area contributed by atoms with Crippen LogP contribution in [-0.4, -0.2) is 28.6 Å². The van der Waals surface area contributed by atoms with Crippen LogP contribution in [-0.2, 0) is 7.05 Å². The minimum atomic E-state index is -0.510. The van der Waals surface area contributed by atoms with Gasteiger partial charge in [-0.15, -0.1) is 0 Å². The number of aryl methyl sites for hydroxylation is 2. The zero-order valence-electron chi connectivity index (χ0n) is 12.4. The van der Waals surface area contributed by atoms with E-state index in [9.17, 15) is 14.7 Å². The number of nitrogens with one attached hydrogen (secondary N) is 1. The summed E-state index contributed by atoms with van der Waals surface area (Å²) in [5.41, 5.74) is 1.18. The minimum Gasteiger partial charge on any atom is -0.508 e. The lowest BCUT2D eigenvalue weighted by Crippen LogP contribution is -2.28. The third-order valence-electron chi connectivity index (χ3n) is 3.89. The third kappa shape index (κ3) is 1.75. The number of nitrogens with zero attached hydrogens (tertiary/aromatic N) is 4. The molecule has 0 spiro atoms. The molecule has 0 atom stereocenters. The Hall–Kier alpha value is -3.29. The highest BCUT2D eigenvalue weighted by Gasteiger charge is 2.18. The average molecular weight is 311 g/mol. The molecular formula is C15H13N5O3. The fourth-order valence-corrected chi connectivity index (χ4v) is 2.82. The summed E-state index contributed by atoms with van der Waals surface area (Å²) in [6.45, 7) is 1.88. The van der Waals surface area contributed by atoms with Crippen molar-refractivity contribution in [2.24, 2.45) is 7.05 Å². The zero-order valence-corrected chi connectivity index (χ0v) is 12.4. The lowest BCUT2D eigenvalue weighted by atomic mass is 10.3. The van der Waals surface area contributed by atoms with Crippen LogP contribution in [0.25, 0.3) is 22.6 Å². The normalized spacial score (nSPS) is 11.6. The van der Waals surface area contributed by atoms with Gasteiger partial charge in [0.2, 0.25) is 5.78 Å². The van der Waals surface area contributed by atoms with E-state index >= 15 is 0 Å². The van der Waals surface area contributed by atoms with E-state index in [4.69, 9.17) is 0 Å². The number of phenolic OH excluding ortho intramolecular Hbond substituents is 1. The van der Waals surface area contributed by atoms with Crippen LogP contribution in [0.3, 0.4) is 0 Å². The highest BCUT2D eigenvalue weighted by Crippen LogP contribution is 2.22. The highest BCUT2D eigenvalue weighted by atomic mass is 16.3. The molecule has 0 radical (unpaired) electrons. The Morgan fingerprint density at radius 3 is 2.78 bits per heavy atom. The molecule has 0 saturated carbocycles. The van der Waals surface area contributed by atoms with Gasteiger partial charge in [-0.1, -0.05) is 6.07 Å². The number of aromatic hydroxyl groups is 1. The number of H-pyrrole nitrogens is 1. The molecular weight excluding hydrogens is 298 g/mol. The van der Waals surface area contributed by atoms with Gasteiger partial charge in [-0.3, -0.25) is 23.3 Å². The van der Waals surface area contributed by atoms with Crippen LogP contribution in [0.4, 0.5) is 0 Å². The Bertz CT molecular complexity index is 1190. The Balaban J connectivity index is 2.19. The van der Waals surface area contributed by atoms with Gasteiger partial charge in [-0.05, 0) is 19.1 Å². The summed E-state index contributed by atoms with van der Waals surface area (Å²) in [5, 5.41) is 9.70. The van der Waals surface area contributed by atoms with Crippen molar-refractivity contribution in [3.05, 3.63) is 57.0 Å². The first kappa shape index (κ1) is 13.4. The molecule has 4 rings (SSSR count). The molecule has 8 nitrogen and oxygen atoms in total. The molecule has 0 aliphatic carbocycles. The van der Waals surface area contributed by atoms with Gasteiger partial charge >= 0.3 is 5.69 Å². The van der Waals surface area contributed by atoms with Crippen molar-refractivity contribution in [1.29, 1.82) is 0 Å². The van der Waals surface area contributed by atoms with Gasteiger partial charge < -0.3 is 5.11 Å². The van der Waals surface area contributed by atoms with E-state index < -0.39 is 11.2 Å². The standard InChI is InChI=1S/C15H13N5O3/c1-8-7-19-11-12(18(2)15(23)17-13(11)22)16-14(19)20(8)9-4-3-5-10(21)6-9/h3-7,21H,1-2H3,(H,17,22,23). The molecule has 0 bridgehead atoms. The first-order valence-electron chi connectivity index (χ1n) is 6.96. The van der Waals surface area contributed by atoms with Crippen LogP contribution in [0.5, 0.6) is 5.75 Å². The molecule has 116 valence electrons. The summed E-state index contributed by atoms with van der Waals surface area (Å²) in [6, 6.07) is 6.74. The van der Waals surface area contributed by atoms with Crippen molar-refractivity contribution in [1.82, 2.24) is 23.5 Å². The van der Waals surface area contributed by atoms with Crippen molar-refractivity contribution < 1.29 is 5.11 Å². The van der Waals surface area contributed by atoms with Gasteiger partial charge in [0.05, 0.1) is 5.69 Å². The monoisotopic (exact) mass is 311 g/mol. The van der Waals surface area contributed by atoms with Gasteiger partial charge in [-0.25, -0.2) is 4.79 Å². The third-order valence-corrected chi connectivity index (χ3v) is 3.89. The van der Waals surface area contributed by atoms with Crippen LogP contribution < -0.4 is 11.2 Å². The molecule has 23 heavy (non-hydrogen) atoms. The van der Waals surface area contributed by atoms with Crippen LogP contribution >= 0.6 is 0 Å².